The number of carbonyl (C=O) groups excluding carboxylic acids is 1. The first-order chi connectivity index (χ1) is 9.10. The molecule has 1 amide bonds. The van der Waals surface area contributed by atoms with Crippen molar-refractivity contribution in [2.24, 2.45) is 5.92 Å². The van der Waals surface area contributed by atoms with Gasteiger partial charge in [0.1, 0.15) is 11.6 Å². The number of benzene rings is 1. The van der Waals surface area contributed by atoms with Crippen molar-refractivity contribution < 1.29 is 13.6 Å². The average Bonchev–Trinajstić information content (AvgIpc) is 2.82. The molecule has 1 aromatic carbocycles. The summed E-state index contributed by atoms with van der Waals surface area (Å²) in [5.41, 5.74) is 0.243. The highest BCUT2D eigenvalue weighted by Gasteiger charge is 2.26. The Labute approximate surface area is 116 Å². The summed E-state index contributed by atoms with van der Waals surface area (Å²) in [4.78, 5) is 13.8. The molecular weight excluding hydrogens is 272 g/mol. The normalized spacial score (nSPS) is 18.9. The fourth-order valence-corrected chi connectivity index (χ4v) is 2.70. The van der Waals surface area contributed by atoms with E-state index in [2.05, 4.69) is 0 Å². The molecule has 0 radical (unpaired) electrons. The molecule has 2 rings (SSSR count). The average molecular weight is 288 g/mol. The molecule has 1 aromatic rings. The van der Waals surface area contributed by atoms with E-state index in [1.54, 1.807) is 4.90 Å². The maximum atomic E-state index is 13.5. The summed E-state index contributed by atoms with van der Waals surface area (Å²) < 4.78 is 26.2. The summed E-state index contributed by atoms with van der Waals surface area (Å²) in [5.74, 6) is -0.358. The number of nitrogens with zero attached hydrogens (tertiary/aromatic N) is 1. The Morgan fingerprint density at radius 2 is 2.21 bits per heavy atom. The SMILES string of the molecule is O=C(Cc1ccc(F)cc1F)N1CCC(CCCl)C1. The van der Waals surface area contributed by atoms with Crippen molar-refractivity contribution >= 4 is 17.5 Å². The van der Waals surface area contributed by atoms with Crippen LogP contribution in [0.3, 0.4) is 0 Å². The molecule has 1 fully saturated rings. The van der Waals surface area contributed by atoms with E-state index in [1.165, 1.54) is 12.1 Å². The maximum Gasteiger partial charge on any atom is 0.227 e. The largest absolute Gasteiger partial charge is 0.342 e. The van der Waals surface area contributed by atoms with Gasteiger partial charge in [-0.3, -0.25) is 4.79 Å². The molecule has 0 saturated carbocycles. The fourth-order valence-electron chi connectivity index (χ4n) is 2.39. The third-order valence-electron chi connectivity index (χ3n) is 3.51. The number of carbonyl (C=O) groups is 1. The van der Waals surface area contributed by atoms with Gasteiger partial charge >= 0.3 is 0 Å². The molecule has 0 aromatic heterocycles. The Kier molecular flexibility index (Phi) is 4.75. The molecule has 1 unspecified atom stereocenters. The number of likely N-dealkylation sites (tertiary alicyclic amines) is 1. The second kappa shape index (κ2) is 6.33. The van der Waals surface area contributed by atoms with Crippen LogP contribution in [0.2, 0.25) is 0 Å². The van der Waals surface area contributed by atoms with Crippen LogP contribution in [0.25, 0.3) is 0 Å². The third-order valence-corrected chi connectivity index (χ3v) is 3.73. The second-order valence-corrected chi connectivity index (χ2v) is 5.26. The van der Waals surface area contributed by atoms with Gasteiger partial charge in [0.25, 0.3) is 0 Å². The first-order valence-electron chi connectivity index (χ1n) is 6.38. The van der Waals surface area contributed by atoms with Gasteiger partial charge in [0.2, 0.25) is 5.91 Å². The van der Waals surface area contributed by atoms with Crippen molar-refractivity contribution in [3.05, 3.63) is 35.4 Å². The molecule has 1 atom stereocenters. The quantitative estimate of drug-likeness (QED) is 0.780. The van der Waals surface area contributed by atoms with Gasteiger partial charge in [0.05, 0.1) is 6.42 Å². The molecule has 0 aliphatic carbocycles. The maximum absolute atomic E-state index is 13.5. The van der Waals surface area contributed by atoms with E-state index in [-0.39, 0.29) is 17.9 Å². The van der Waals surface area contributed by atoms with E-state index in [1.807, 2.05) is 0 Å². The van der Waals surface area contributed by atoms with Crippen LogP contribution >= 0.6 is 11.6 Å². The van der Waals surface area contributed by atoms with Crippen molar-refractivity contribution in [3.8, 4) is 0 Å². The second-order valence-electron chi connectivity index (χ2n) is 4.88. The highest BCUT2D eigenvalue weighted by molar-refractivity contribution is 6.17. The van der Waals surface area contributed by atoms with E-state index >= 15 is 0 Å². The molecule has 19 heavy (non-hydrogen) atoms. The highest BCUT2D eigenvalue weighted by atomic mass is 35.5. The minimum absolute atomic E-state index is 0.0142. The molecule has 1 aliphatic rings. The van der Waals surface area contributed by atoms with Crippen LogP contribution < -0.4 is 0 Å². The molecule has 1 saturated heterocycles. The zero-order chi connectivity index (χ0) is 13.8. The van der Waals surface area contributed by atoms with Crippen LogP contribution in [0.5, 0.6) is 0 Å². The summed E-state index contributed by atoms with van der Waals surface area (Å²) in [6.07, 6.45) is 1.83. The highest BCUT2D eigenvalue weighted by Crippen LogP contribution is 2.21. The smallest absolute Gasteiger partial charge is 0.227 e. The van der Waals surface area contributed by atoms with Crippen molar-refractivity contribution in [1.82, 2.24) is 4.90 Å². The van der Waals surface area contributed by atoms with Gasteiger partial charge in [-0.05, 0) is 30.4 Å². The van der Waals surface area contributed by atoms with Crippen LogP contribution in [0.1, 0.15) is 18.4 Å². The van der Waals surface area contributed by atoms with E-state index in [0.29, 0.717) is 24.9 Å². The molecule has 0 N–H and O–H groups in total. The molecule has 0 bridgehead atoms. The van der Waals surface area contributed by atoms with Gasteiger partial charge < -0.3 is 4.90 Å². The Bertz CT molecular complexity index is 467. The lowest BCUT2D eigenvalue weighted by Crippen LogP contribution is -2.30. The lowest BCUT2D eigenvalue weighted by Gasteiger charge is -2.16. The minimum Gasteiger partial charge on any atom is -0.342 e. The van der Waals surface area contributed by atoms with E-state index in [4.69, 9.17) is 11.6 Å². The molecule has 104 valence electrons. The monoisotopic (exact) mass is 287 g/mol. The predicted octanol–water partition coefficient (Wildman–Crippen LogP) is 2.98. The summed E-state index contributed by atoms with van der Waals surface area (Å²) in [6, 6.07) is 3.31. The topological polar surface area (TPSA) is 20.3 Å². The molecule has 0 spiro atoms. The number of hydrogen-bond donors (Lipinski definition) is 0. The summed E-state index contributed by atoms with van der Waals surface area (Å²) in [6.45, 7) is 1.39. The van der Waals surface area contributed by atoms with Gasteiger partial charge in [0.15, 0.2) is 0 Å². The van der Waals surface area contributed by atoms with Crippen LogP contribution in [0.4, 0.5) is 8.78 Å². The summed E-state index contributed by atoms with van der Waals surface area (Å²) >= 11 is 5.69. The Balaban J connectivity index is 1.94. The Hall–Kier alpha value is -1.16. The van der Waals surface area contributed by atoms with E-state index in [9.17, 15) is 13.6 Å². The molecule has 5 heteroatoms. The number of alkyl halides is 1. The zero-order valence-corrected chi connectivity index (χ0v) is 11.3. The minimum atomic E-state index is -0.662. The molecular formula is C14H16ClF2NO. The first-order valence-corrected chi connectivity index (χ1v) is 6.91. The lowest BCUT2D eigenvalue weighted by atomic mass is 10.1. The molecule has 1 heterocycles. The predicted molar refractivity (Wildman–Crippen MR) is 70.1 cm³/mol. The van der Waals surface area contributed by atoms with Crippen LogP contribution in [-0.4, -0.2) is 29.8 Å². The van der Waals surface area contributed by atoms with Crippen LogP contribution in [0, 0.1) is 17.6 Å². The third kappa shape index (κ3) is 3.66. The lowest BCUT2D eigenvalue weighted by molar-refractivity contribution is -0.129. The number of hydrogen-bond acceptors (Lipinski definition) is 1. The van der Waals surface area contributed by atoms with Crippen molar-refractivity contribution in [1.29, 1.82) is 0 Å². The summed E-state index contributed by atoms with van der Waals surface area (Å²) in [5, 5.41) is 0. The fraction of sp³-hybridized carbons (Fsp3) is 0.500. The van der Waals surface area contributed by atoms with E-state index in [0.717, 1.165) is 18.9 Å². The van der Waals surface area contributed by atoms with Gasteiger partial charge in [-0.15, -0.1) is 11.6 Å². The standard InChI is InChI=1S/C14H16ClF2NO/c15-5-3-10-4-6-18(9-10)14(19)7-11-1-2-12(16)8-13(11)17/h1-2,8,10H,3-7,9H2. The molecule has 2 nitrogen and oxygen atoms in total. The Morgan fingerprint density at radius 1 is 1.42 bits per heavy atom. The van der Waals surface area contributed by atoms with E-state index < -0.39 is 11.6 Å². The van der Waals surface area contributed by atoms with Gasteiger partial charge in [-0.2, -0.15) is 0 Å². The van der Waals surface area contributed by atoms with Crippen LogP contribution in [-0.2, 0) is 11.2 Å². The van der Waals surface area contributed by atoms with Gasteiger partial charge in [-0.1, -0.05) is 6.07 Å². The number of rotatable bonds is 4. The van der Waals surface area contributed by atoms with Gasteiger partial charge in [0, 0.05) is 25.0 Å². The van der Waals surface area contributed by atoms with Crippen molar-refractivity contribution in [3.63, 3.8) is 0 Å². The molecule has 1 aliphatic heterocycles. The zero-order valence-electron chi connectivity index (χ0n) is 10.5. The van der Waals surface area contributed by atoms with Gasteiger partial charge in [-0.25, -0.2) is 8.78 Å². The van der Waals surface area contributed by atoms with Crippen LogP contribution in [0.15, 0.2) is 18.2 Å². The Morgan fingerprint density at radius 3 is 2.89 bits per heavy atom. The number of halogens is 3. The number of amides is 1. The first kappa shape index (κ1) is 14.3. The summed E-state index contributed by atoms with van der Waals surface area (Å²) in [7, 11) is 0. The van der Waals surface area contributed by atoms with Crippen molar-refractivity contribution in [2.75, 3.05) is 19.0 Å². The van der Waals surface area contributed by atoms with Crippen molar-refractivity contribution in [2.45, 2.75) is 19.3 Å².